The SMILES string of the molecule is Cc1ccc2c(c1)SC1=C(C=CC(=O)C1)N2. The first-order valence-electron chi connectivity index (χ1n) is 5.22. The summed E-state index contributed by atoms with van der Waals surface area (Å²) in [5.41, 5.74) is 3.45. The van der Waals surface area contributed by atoms with Gasteiger partial charge in [0.25, 0.3) is 0 Å². The lowest BCUT2D eigenvalue weighted by Gasteiger charge is -2.24. The number of fused-ring (bicyclic) bond motifs is 1. The Labute approximate surface area is 98.4 Å². The molecule has 0 unspecified atom stereocenters. The lowest BCUT2D eigenvalue weighted by Crippen LogP contribution is -2.12. The lowest BCUT2D eigenvalue weighted by atomic mass is 10.1. The van der Waals surface area contributed by atoms with Crippen LogP contribution in [0.2, 0.25) is 0 Å². The van der Waals surface area contributed by atoms with Gasteiger partial charge in [-0.3, -0.25) is 4.79 Å². The van der Waals surface area contributed by atoms with Crippen molar-refractivity contribution in [3.63, 3.8) is 0 Å². The molecular weight excluding hydrogens is 218 g/mol. The van der Waals surface area contributed by atoms with E-state index in [-0.39, 0.29) is 5.78 Å². The number of carbonyl (C=O) groups is 1. The summed E-state index contributed by atoms with van der Waals surface area (Å²) < 4.78 is 0. The monoisotopic (exact) mass is 229 g/mol. The summed E-state index contributed by atoms with van der Waals surface area (Å²) in [5.74, 6) is 0.184. The highest BCUT2D eigenvalue weighted by atomic mass is 32.2. The van der Waals surface area contributed by atoms with Gasteiger partial charge in [0, 0.05) is 21.9 Å². The standard InChI is InChI=1S/C13H11NOS/c1-8-2-4-10-12(6-8)16-13-7-9(15)3-5-11(13)14-10/h2-6,14H,7H2,1H3. The molecule has 0 saturated carbocycles. The number of rotatable bonds is 0. The predicted molar refractivity (Wildman–Crippen MR) is 66.4 cm³/mol. The Morgan fingerprint density at radius 3 is 3.06 bits per heavy atom. The highest BCUT2D eigenvalue weighted by molar-refractivity contribution is 8.03. The molecule has 2 aliphatic rings. The number of nitrogens with one attached hydrogen (secondary N) is 1. The van der Waals surface area contributed by atoms with Crippen molar-refractivity contribution in [1.29, 1.82) is 0 Å². The minimum Gasteiger partial charge on any atom is -0.354 e. The maximum atomic E-state index is 11.3. The molecule has 0 radical (unpaired) electrons. The van der Waals surface area contributed by atoms with Crippen LogP contribution in [0.4, 0.5) is 5.69 Å². The third-order valence-electron chi connectivity index (χ3n) is 2.71. The molecule has 1 aromatic carbocycles. The van der Waals surface area contributed by atoms with Gasteiger partial charge in [-0.1, -0.05) is 17.8 Å². The Bertz CT molecular complexity index is 543. The van der Waals surface area contributed by atoms with Crippen molar-refractivity contribution in [3.8, 4) is 0 Å². The van der Waals surface area contributed by atoms with Crippen molar-refractivity contribution in [1.82, 2.24) is 0 Å². The molecule has 0 atom stereocenters. The maximum Gasteiger partial charge on any atom is 0.160 e. The maximum absolute atomic E-state index is 11.3. The molecule has 0 amide bonds. The second-order valence-corrected chi connectivity index (χ2v) is 5.18. The third kappa shape index (κ3) is 1.57. The minimum atomic E-state index is 0.184. The molecule has 0 fully saturated rings. The van der Waals surface area contributed by atoms with Gasteiger partial charge in [-0.25, -0.2) is 0 Å². The van der Waals surface area contributed by atoms with Gasteiger partial charge in [-0.05, 0) is 36.8 Å². The number of ketones is 1. The molecule has 1 aromatic rings. The summed E-state index contributed by atoms with van der Waals surface area (Å²) in [5, 5.41) is 3.37. The zero-order valence-corrected chi connectivity index (χ0v) is 9.73. The van der Waals surface area contributed by atoms with Crippen LogP contribution in [0.5, 0.6) is 0 Å². The van der Waals surface area contributed by atoms with E-state index in [0.29, 0.717) is 6.42 Å². The molecule has 1 aliphatic heterocycles. The van der Waals surface area contributed by atoms with Crippen LogP contribution in [-0.2, 0) is 4.79 Å². The minimum absolute atomic E-state index is 0.184. The van der Waals surface area contributed by atoms with E-state index in [1.807, 2.05) is 6.08 Å². The van der Waals surface area contributed by atoms with E-state index in [2.05, 4.69) is 30.4 Å². The van der Waals surface area contributed by atoms with Gasteiger partial charge in [0.1, 0.15) is 0 Å². The summed E-state index contributed by atoms with van der Waals surface area (Å²) in [6.07, 6.45) is 4.04. The van der Waals surface area contributed by atoms with Crippen molar-refractivity contribution in [2.75, 3.05) is 5.32 Å². The second kappa shape index (κ2) is 3.52. The number of carbonyl (C=O) groups excluding carboxylic acids is 1. The Hall–Kier alpha value is -1.48. The van der Waals surface area contributed by atoms with Crippen molar-refractivity contribution >= 4 is 23.2 Å². The van der Waals surface area contributed by atoms with Gasteiger partial charge in [0.05, 0.1) is 5.69 Å². The fourth-order valence-corrected chi connectivity index (χ4v) is 3.06. The summed E-state index contributed by atoms with van der Waals surface area (Å²) in [6.45, 7) is 2.08. The van der Waals surface area contributed by atoms with E-state index < -0.39 is 0 Å². The molecule has 1 heterocycles. The number of aryl methyl sites for hydroxylation is 1. The van der Waals surface area contributed by atoms with Crippen molar-refractivity contribution in [2.24, 2.45) is 0 Å². The van der Waals surface area contributed by atoms with E-state index in [9.17, 15) is 4.79 Å². The number of hydrogen-bond donors (Lipinski definition) is 1. The fraction of sp³-hybridized carbons (Fsp3) is 0.154. The predicted octanol–water partition coefficient (Wildman–Crippen LogP) is 3.25. The van der Waals surface area contributed by atoms with Gasteiger partial charge in [0.15, 0.2) is 5.78 Å². The highest BCUT2D eigenvalue weighted by Gasteiger charge is 2.21. The van der Waals surface area contributed by atoms with Crippen LogP contribution < -0.4 is 5.32 Å². The van der Waals surface area contributed by atoms with Gasteiger partial charge < -0.3 is 5.32 Å². The molecule has 0 spiro atoms. The van der Waals surface area contributed by atoms with Crippen LogP contribution in [0, 0.1) is 6.92 Å². The second-order valence-electron chi connectivity index (χ2n) is 4.04. The molecule has 0 bridgehead atoms. The first-order valence-corrected chi connectivity index (χ1v) is 6.03. The van der Waals surface area contributed by atoms with Crippen LogP contribution in [0.15, 0.2) is 45.8 Å². The average molecular weight is 229 g/mol. The summed E-state index contributed by atoms with van der Waals surface area (Å²) in [6, 6.07) is 6.33. The van der Waals surface area contributed by atoms with Crippen molar-refractivity contribution in [3.05, 3.63) is 46.5 Å². The first kappa shape index (κ1) is 9.73. The smallest absolute Gasteiger partial charge is 0.160 e. The molecular formula is C13H11NOS. The molecule has 1 N–H and O–H groups in total. The van der Waals surface area contributed by atoms with Gasteiger partial charge in [0.2, 0.25) is 0 Å². The Morgan fingerprint density at radius 1 is 1.31 bits per heavy atom. The van der Waals surface area contributed by atoms with Crippen LogP contribution in [0.25, 0.3) is 0 Å². The molecule has 0 aromatic heterocycles. The summed E-state index contributed by atoms with van der Waals surface area (Å²) >= 11 is 1.70. The van der Waals surface area contributed by atoms with E-state index in [1.54, 1.807) is 17.8 Å². The first-order chi connectivity index (χ1) is 7.72. The molecule has 16 heavy (non-hydrogen) atoms. The molecule has 1 aliphatic carbocycles. The Morgan fingerprint density at radius 2 is 2.19 bits per heavy atom. The zero-order chi connectivity index (χ0) is 11.1. The molecule has 3 rings (SSSR count). The number of thioether (sulfide) groups is 1. The van der Waals surface area contributed by atoms with E-state index in [0.717, 1.165) is 16.3 Å². The topological polar surface area (TPSA) is 29.1 Å². The summed E-state index contributed by atoms with van der Waals surface area (Å²) in [4.78, 5) is 13.7. The number of anilines is 1. The van der Waals surface area contributed by atoms with Gasteiger partial charge >= 0.3 is 0 Å². The Balaban J connectivity index is 2.02. The van der Waals surface area contributed by atoms with Crippen LogP contribution in [0.1, 0.15) is 12.0 Å². The average Bonchev–Trinajstić information content (AvgIpc) is 2.26. The van der Waals surface area contributed by atoms with E-state index >= 15 is 0 Å². The number of hydrogen-bond acceptors (Lipinski definition) is 3. The van der Waals surface area contributed by atoms with Gasteiger partial charge in [-0.2, -0.15) is 0 Å². The van der Waals surface area contributed by atoms with Crippen molar-refractivity contribution in [2.45, 2.75) is 18.2 Å². The van der Waals surface area contributed by atoms with Crippen molar-refractivity contribution < 1.29 is 4.79 Å². The van der Waals surface area contributed by atoms with Gasteiger partial charge in [-0.15, -0.1) is 0 Å². The van der Waals surface area contributed by atoms with Crippen LogP contribution in [0.3, 0.4) is 0 Å². The fourth-order valence-electron chi connectivity index (χ4n) is 1.88. The number of benzene rings is 1. The number of allylic oxidation sites excluding steroid dienone is 3. The van der Waals surface area contributed by atoms with Crippen LogP contribution >= 0.6 is 11.8 Å². The highest BCUT2D eigenvalue weighted by Crippen LogP contribution is 2.42. The molecule has 0 saturated heterocycles. The van der Waals surface area contributed by atoms with Crippen LogP contribution in [-0.4, -0.2) is 5.78 Å². The third-order valence-corrected chi connectivity index (χ3v) is 3.88. The summed E-state index contributed by atoms with van der Waals surface area (Å²) in [7, 11) is 0. The molecule has 3 heteroatoms. The lowest BCUT2D eigenvalue weighted by molar-refractivity contribution is -0.114. The molecule has 80 valence electrons. The Kier molecular flexibility index (Phi) is 2.14. The quantitative estimate of drug-likeness (QED) is 0.740. The van der Waals surface area contributed by atoms with E-state index in [1.165, 1.54) is 10.5 Å². The largest absolute Gasteiger partial charge is 0.354 e. The molecule has 2 nitrogen and oxygen atoms in total. The zero-order valence-electron chi connectivity index (χ0n) is 8.91. The normalized spacial score (nSPS) is 17.9. The van der Waals surface area contributed by atoms with E-state index in [4.69, 9.17) is 0 Å².